The number of oxazole rings is 1. The maximum Gasteiger partial charge on any atom is 0.307 e. The van der Waals surface area contributed by atoms with Crippen molar-refractivity contribution in [3.8, 4) is 16.5 Å². The number of carbonyl (C=O) groups excluding carboxylic acids is 2. The second-order valence-corrected chi connectivity index (χ2v) is 6.78. The second-order valence-electron chi connectivity index (χ2n) is 5.83. The predicted octanol–water partition coefficient (Wildman–Crippen LogP) is 3.26. The van der Waals surface area contributed by atoms with Gasteiger partial charge in [0.2, 0.25) is 5.89 Å². The lowest BCUT2D eigenvalue weighted by atomic mass is 10.2. The first-order valence-electron chi connectivity index (χ1n) is 8.37. The molecular weight excluding hydrogens is 368 g/mol. The van der Waals surface area contributed by atoms with E-state index in [1.165, 1.54) is 17.6 Å². The van der Waals surface area contributed by atoms with Gasteiger partial charge in [-0.05, 0) is 23.6 Å². The Kier molecular flexibility index (Phi) is 4.88. The van der Waals surface area contributed by atoms with Gasteiger partial charge in [0.25, 0.3) is 5.91 Å². The van der Waals surface area contributed by atoms with Crippen LogP contribution in [0, 0.1) is 0 Å². The number of hydrogen-bond acceptors (Lipinski definition) is 7. The third-order valence-corrected chi connectivity index (χ3v) is 4.87. The summed E-state index contributed by atoms with van der Waals surface area (Å²) in [7, 11) is 0. The van der Waals surface area contributed by atoms with Crippen molar-refractivity contribution < 1.29 is 23.5 Å². The van der Waals surface area contributed by atoms with E-state index in [4.69, 9.17) is 13.9 Å². The molecule has 4 rings (SSSR count). The minimum absolute atomic E-state index is 0.0291. The molecule has 1 aromatic carbocycles. The van der Waals surface area contributed by atoms with Crippen LogP contribution in [-0.2, 0) is 20.9 Å². The van der Waals surface area contributed by atoms with Gasteiger partial charge in [0.1, 0.15) is 24.3 Å². The standard InChI is InChI=1S/C19H16N2O5S/c22-17-12-24-15-5-2-1-4-14(15)21(17)8-7-18(23)25-10-13-11-26-19(20-13)16-6-3-9-27-16/h1-6,9,11H,7-8,10,12H2. The molecule has 0 radical (unpaired) electrons. The van der Waals surface area contributed by atoms with Crippen LogP contribution in [-0.4, -0.2) is 30.0 Å². The summed E-state index contributed by atoms with van der Waals surface area (Å²) >= 11 is 1.52. The molecule has 0 fully saturated rings. The molecule has 0 saturated carbocycles. The van der Waals surface area contributed by atoms with Crippen LogP contribution in [0.25, 0.3) is 10.8 Å². The number of aromatic nitrogens is 1. The Balaban J connectivity index is 1.31. The molecule has 0 aliphatic carbocycles. The van der Waals surface area contributed by atoms with Crippen LogP contribution in [0.15, 0.2) is 52.5 Å². The van der Waals surface area contributed by atoms with Crippen molar-refractivity contribution in [2.45, 2.75) is 13.0 Å². The zero-order chi connectivity index (χ0) is 18.6. The van der Waals surface area contributed by atoms with E-state index in [9.17, 15) is 9.59 Å². The lowest BCUT2D eigenvalue weighted by Crippen LogP contribution is -2.40. The fraction of sp³-hybridized carbons (Fsp3) is 0.211. The van der Waals surface area contributed by atoms with Gasteiger partial charge >= 0.3 is 5.97 Å². The molecule has 0 spiro atoms. The van der Waals surface area contributed by atoms with E-state index in [1.54, 1.807) is 17.0 Å². The summed E-state index contributed by atoms with van der Waals surface area (Å²) in [5, 5.41) is 1.93. The highest BCUT2D eigenvalue weighted by Crippen LogP contribution is 2.31. The molecule has 0 atom stereocenters. The van der Waals surface area contributed by atoms with Gasteiger partial charge in [-0.15, -0.1) is 11.3 Å². The average Bonchev–Trinajstić information content (AvgIpc) is 3.37. The Morgan fingerprint density at radius 1 is 1.26 bits per heavy atom. The van der Waals surface area contributed by atoms with Crippen LogP contribution in [0.4, 0.5) is 5.69 Å². The number of carbonyl (C=O) groups is 2. The number of fused-ring (bicyclic) bond motifs is 1. The van der Waals surface area contributed by atoms with E-state index in [-0.39, 0.29) is 32.1 Å². The number of amides is 1. The first kappa shape index (κ1) is 17.3. The largest absolute Gasteiger partial charge is 0.482 e. The van der Waals surface area contributed by atoms with E-state index in [2.05, 4.69) is 4.98 Å². The Labute approximate surface area is 159 Å². The molecule has 27 heavy (non-hydrogen) atoms. The summed E-state index contributed by atoms with van der Waals surface area (Å²) in [5.74, 6) is 0.548. The minimum Gasteiger partial charge on any atom is -0.482 e. The van der Waals surface area contributed by atoms with Crippen LogP contribution >= 0.6 is 11.3 Å². The van der Waals surface area contributed by atoms with Crippen molar-refractivity contribution in [3.05, 3.63) is 53.7 Å². The molecule has 8 heteroatoms. The first-order chi connectivity index (χ1) is 13.2. The molecule has 2 aromatic heterocycles. The summed E-state index contributed by atoms with van der Waals surface area (Å²) in [4.78, 5) is 30.9. The van der Waals surface area contributed by atoms with Crippen LogP contribution in [0.1, 0.15) is 12.1 Å². The SMILES string of the molecule is O=C(CCN1C(=O)COc2ccccc21)OCc1coc(-c2cccs2)n1. The number of anilines is 1. The molecule has 0 saturated heterocycles. The van der Waals surface area contributed by atoms with Gasteiger partial charge in [0, 0.05) is 6.54 Å². The van der Waals surface area contributed by atoms with Crippen molar-refractivity contribution >= 4 is 28.9 Å². The fourth-order valence-corrected chi connectivity index (χ4v) is 3.37. The summed E-state index contributed by atoms with van der Waals surface area (Å²) in [5.41, 5.74) is 1.21. The Bertz CT molecular complexity index is 951. The number of ether oxygens (including phenoxy) is 2. The van der Waals surface area contributed by atoms with Crippen LogP contribution < -0.4 is 9.64 Å². The number of rotatable bonds is 6. The Morgan fingerprint density at radius 3 is 3.00 bits per heavy atom. The second kappa shape index (κ2) is 7.63. The highest BCUT2D eigenvalue weighted by Gasteiger charge is 2.25. The maximum atomic E-state index is 12.1. The number of benzene rings is 1. The highest BCUT2D eigenvalue weighted by atomic mass is 32.1. The molecule has 3 aromatic rings. The number of thiophene rings is 1. The van der Waals surface area contributed by atoms with Crippen LogP contribution in [0.3, 0.4) is 0 Å². The maximum absolute atomic E-state index is 12.1. The molecule has 138 valence electrons. The number of esters is 1. The Morgan fingerprint density at radius 2 is 2.15 bits per heavy atom. The molecule has 0 unspecified atom stereocenters. The molecule has 0 bridgehead atoms. The summed E-state index contributed by atoms with van der Waals surface area (Å²) in [6.45, 7) is 0.231. The molecule has 1 amide bonds. The van der Waals surface area contributed by atoms with Crippen LogP contribution in [0.5, 0.6) is 5.75 Å². The number of hydrogen-bond donors (Lipinski definition) is 0. The topological polar surface area (TPSA) is 81.9 Å². The van der Waals surface area contributed by atoms with Crippen molar-refractivity contribution in [3.63, 3.8) is 0 Å². The molecular formula is C19H16N2O5S. The van der Waals surface area contributed by atoms with Gasteiger partial charge < -0.3 is 18.8 Å². The molecule has 0 N–H and O–H groups in total. The van der Waals surface area contributed by atoms with Gasteiger partial charge in [0.15, 0.2) is 6.61 Å². The van der Waals surface area contributed by atoms with E-state index in [1.807, 2.05) is 29.6 Å². The zero-order valence-corrected chi connectivity index (χ0v) is 15.1. The van der Waals surface area contributed by atoms with E-state index < -0.39 is 5.97 Å². The van der Waals surface area contributed by atoms with E-state index in [0.717, 1.165) is 4.88 Å². The van der Waals surface area contributed by atoms with E-state index in [0.29, 0.717) is 23.0 Å². The lowest BCUT2D eigenvalue weighted by molar-refractivity contribution is -0.144. The van der Waals surface area contributed by atoms with Gasteiger partial charge in [-0.1, -0.05) is 18.2 Å². The Hall–Kier alpha value is -3.13. The number of nitrogens with zero attached hydrogens (tertiary/aromatic N) is 2. The highest BCUT2D eigenvalue weighted by molar-refractivity contribution is 7.13. The lowest BCUT2D eigenvalue weighted by Gasteiger charge is -2.28. The van der Waals surface area contributed by atoms with Crippen molar-refractivity contribution in [1.29, 1.82) is 0 Å². The van der Waals surface area contributed by atoms with E-state index >= 15 is 0 Å². The summed E-state index contributed by atoms with van der Waals surface area (Å²) < 4.78 is 16.0. The predicted molar refractivity (Wildman–Crippen MR) is 98.5 cm³/mol. The van der Waals surface area contributed by atoms with Crippen molar-refractivity contribution in [1.82, 2.24) is 4.98 Å². The molecule has 3 heterocycles. The molecule has 1 aliphatic rings. The first-order valence-corrected chi connectivity index (χ1v) is 9.25. The fourth-order valence-electron chi connectivity index (χ4n) is 2.72. The molecule has 1 aliphatic heterocycles. The van der Waals surface area contributed by atoms with Gasteiger partial charge in [-0.3, -0.25) is 9.59 Å². The van der Waals surface area contributed by atoms with Gasteiger partial charge in [0.05, 0.1) is 17.0 Å². The quantitative estimate of drug-likeness (QED) is 0.607. The third-order valence-electron chi connectivity index (χ3n) is 4.01. The summed E-state index contributed by atoms with van der Waals surface area (Å²) in [6, 6.07) is 11.1. The van der Waals surface area contributed by atoms with Gasteiger partial charge in [-0.2, -0.15) is 0 Å². The van der Waals surface area contributed by atoms with Gasteiger partial charge in [-0.25, -0.2) is 4.98 Å². The van der Waals surface area contributed by atoms with Crippen molar-refractivity contribution in [2.75, 3.05) is 18.1 Å². The normalized spacial score (nSPS) is 13.2. The molecule has 7 nitrogen and oxygen atoms in total. The zero-order valence-electron chi connectivity index (χ0n) is 14.3. The minimum atomic E-state index is -0.410. The smallest absolute Gasteiger partial charge is 0.307 e. The number of para-hydroxylation sites is 2. The van der Waals surface area contributed by atoms with Crippen LogP contribution in [0.2, 0.25) is 0 Å². The third kappa shape index (κ3) is 3.85. The summed E-state index contributed by atoms with van der Waals surface area (Å²) in [6.07, 6.45) is 1.56. The average molecular weight is 384 g/mol. The van der Waals surface area contributed by atoms with Crippen molar-refractivity contribution in [2.24, 2.45) is 0 Å². The monoisotopic (exact) mass is 384 g/mol.